The Morgan fingerprint density at radius 1 is 1.33 bits per heavy atom. The van der Waals surface area contributed by atoms with Crippen molar-refractivity contribution in [3.05, 3.63) is 29.8 Å². The summed E-state index contributed by atoms with van der Waals surface area (Å²) < 4.78 is 5.05. The van der Waals surface area contributed by atoms with Crippen molar-refractivity contribution in [3.8, 4) is 5.75 Å². The number of ether oxygens (including phenoxy) is 1. The molecule has 4 heteroatoms. The molecule has 0 aromatic heterocycles. The molecule has 0 saturated carbocycles. The van der Waals surface area contributed by atoms with E-state index >= 15 is 0 Å². The monoisotopic (exact) mass is 251 g/mol. The number of nitrogens with zero attached hydrogens (tertiary/aromatic N) is 1. The Balaban J connectivity index is 2.56. The van der Waals surface area contributed by atoms with Gasteiger partial charge in [-0.25, -0.2) is 0 Å². The number of hydrogen-bond donors (Lipinski definition) is 1. The lowest BCUT2D eigenvalue weighted by atomic mass is 10.1. The highest BCUT2D eigenvalue weighted by molar-refractivity contribution is 5.97. The zero-order valence-electron chi connectivity index (χ0n) is 11.1. The van der Waals surface area contributed by atoms with E-state index < -0.39 is 0 Å². The Hall–Kier alpha value is -1.39. The first-order valence-corrected chi connectivity index (χ1v) is 6.21. The first-order valence-electron chi connectivity index (χ1n) is 6.21. The molecule has 0 fully saturated rings. The van der Waals surface area contributed by atoms with Crippen LogP contribution < -0.4 is 4.74 Å². The van der Waals surface area contributed by atoms with Crippen molar-refractivity contribution in [3.63, 3.8) is 0 Å². The van der Waals surface area contributed by atoms with Crippen LogP contribution in [-0.2, 0) is 0 Å². The summed E-state index contributed by atoms with van der Waals surface area (Å²) in [6.07, 6.45) is 0.698. The largest absolute Gasteiger partial charge is 0.497 e. The fraction of sp³-hybridized carbons (Fsp3) is 0.500. The Kier molecular flexibility index (Phi) is 6.39. The zero-order valence-corrected chi connectivity index (χ0v) is 11.1. The quantitative estimate of drug-likeness (QED) is 0.713. The molecule has 0 aliphatic carbocycles. The van der Waals surface area contributed by atoms with Crippen LogP contribution in [0.3, 0.4) is 0 Å². The van der Waals surface area contributed by atoms with Gasteiger partial charge >= 0.3 is 0 Å². The molecule has 0 saturated heterocycles. The molecule has 1 aromatic carbocycles. The van der Waals surface area contributed by atoms with Gasteiger partial charge in [-0.05, 0) is 37.2 Å². The normalized spacial score (nSPS) is 10.7. The summed E-state index contributed by atoms with van der Waals surface area (Å²) in [4.78, 5) is 14.1. The van der Waals surface area contributed by atoms with Gasteiger partial charge in [-0.3, -0.25) is 9.69 Å². The molecule has 1 aromatic rings. The lowest BCUT2D eigenvalue weighted by Crippen LogP contribution is -2.31. The number of carbonyl (C=O) groups excluding carboxylic acids is 1. The van der Waals surface area contributed by atoms with Gasteiger partial charge in [0.2, 0.25) is 0 Å². The van der Waals surface area contributed by atoms with Crippen LogP contribution in [0.5, 0.6) is 5.75 Å². The van der Waals surface area contributed by atoms with Crippen LogP contribution >= 0.6 is 0 Å². The maximum Gasteiger partial charge on any atom is 0.176 e. The van der Waals surface area contributed by atoms with Crippen molar-refractivity contribution in [2.24, 2.45) is 0 Å². The summed E-state index contributed by atoms with van der Waals surface area (Å²) in [5, 5.41) is 8.79. The molecule has 0 aliphatic rings. The number of ketones is 1. The van der Waals surface area contributed by atoms with E-state index in [1.165, 1.54) is 0 Å². The summed E-state index contributed by atoms with van der Waals surface area (Å²) in [6.45, 7) is 4.12. The summed E-state index contributed by atoms with van der Waals surface area (Å²) in [7, 11) is 1.60. The maximum atomic E-state index is 12.0. The molecule has 100 valence electrons. The van der Waals surface area contributed by atoms with E-state index in [0.717, 1.165) is 18.8 Å². The molecule has 0 radical (unpaired) electrons. The van der Waals surface area contributed by atoms with Crippen molar-refractivity contribution < 1.29 is 14.6 Å². The minimum absolute atomic E-state index is 0.0949. The Bertz CT molecular complexity index is 362. The average molecular weight is 251 g/mol. The van der Waals surface area contributed by atoms with Gasteiger partial charge < -0.3 is 9.84 Å². The predicted octanol–water partition coefficient (Wildman–Crippen LogP) is 1.58. The molecule has 0 bridgehead atoms. The number of methoxy groups -OCH3 is 1. The Morgan fingerprint density at radius 3 is 2.50 bits per heavy atom. The average Bonchev–Trinajstić information content (AvgIpc) is 2.43. The Labute approximate surface area is 108 Å². The second-order valence-corrected chi connectivity index (χ2v) is 4.10. The van der Waals surface area contributed by atoms with Gasteiger partial charge in [-0.1, -0.05) is 6.92 Å². The summed E-state index contributed by atoms with van der Waals surface area (Å²) in [5.41, 5.74) is 0.693. The molecule has 0 heterocycles. The topological polar surface area (TPSA) is 49.8 Å². The standard InChI is InChI=1S/C14H21NO3/c1-3-15(9-4-10-16)11-14(17)12-5-7-13(18-2)8-6-12/h5-8,16H,3-4,9-11H2,1-2H3. The molecule has 0 amide bonds. The molecule has 0 aliphatic heterocycles. The molecular weight excluding hydrogens is 230 g/mol. The van der Waals surface area contributed by atoms with Gasteiger partial charge in [-0.15, -0.1) is 0 Å². The van der Waals surface area contributed by atoms with Crippen LogP contribution in [0, 0.1) is 0 Å². The highest BCUT2D eigenvalue weighted by Gasteiger charge is 2.10. The molecular formula is C14H21NO3. The minimum Gasteiger partial charge on any atom is -0.497 e. The van der Waals surface area contributed by atoms with Gasteiger partial charge in [0, 0.05) is 18.7 Å². The van der Waals surface area contributed by atoms with Crippen LogP contribution in [-0.4, -0.2) is 49.1 Å². The van der Waals surface area contributed by atoms with Crippen LogP contribution in [0.25, 0.3) is 0 Å². The van der Waals surface area contributed by atoms with E-state index in [4.69, 9.17) is 9.84 Å². The van der Waals surface area contributed by atoms with Crippen LogP contribution in [0.4, 0.5) is 0 Å². The molecule has 0 spiro atoms. The van der Waals surface area contributed by atoms with Crippen molar-refractivity contribution in [2.75, 3.05) is 33.4 Å². The third-order valence-electron chi connectivity index (χ3n) is 2.86. The SMILES string of the molecule is CCN(CCCO)CC(=O)c1ccc(OC)cc1. The molecule has 0 unspecified atom stereocenters. The first kappa shape index (κ1) is 14.7. The van der Waals surface area contributed by atoms with Gasteiger partial charge in [0.25, 0.3) is 0 Å². The van der Waals surface area contributed by atoms with E-state index in [1.807, 2.05) is 11.8 Å². The van der Waals surface area contributed by atoms with Crippen molar-refractivity contribution in [1.29, 1.82) is 0 Å². The number of carbonyl (C=O) groups is 1. The van der Waals surface area contributed by atoms with Crippen LogP contribution in [0.2, 0.25) is 0 Å². The van der Waals surface area contributed by atoms with E-state index in [1.54, 1.807) is 31.4 Å². The molecule has 0 atom stereocenters. The number of likely N-dealkylation sites (N-methyl/N-ethyl adjacent to an activating group) is 1. The number of rotatable bonds is 8. The smallest absolute Gasteiger partial charge is 0.176 e. The molecule has 18 heavy (non-hydrogen) atoms. The maximum absolute atomic E-state index is 12.0. The molecule has 1 rings (SSSR count). The second kappa shape index (κ2) is 7.84. The first-order chi connectivity index (χ1) is 8.71. The van der Waals surface area contributed by atoms with Crippen LogP contribution in [0.1, 0.15) is 23.7 Å². The highest BCUT2D eigenvalue weighted by atomic mass is 16.5. The predicted molar refractivity (Wildman–Crippen MR) is 71.1 cm³/mol. The number of benzene rings is 1. The van der Waals surface area contributed by atoms with E-state index in [0.29, 0.717) is 18.5 Å². The highest BCUT2D eigenvalue weighted by Crippen LogP contribution is 2.12. The number of aliphatic hydroxyl groups excluding tert-OH is 1. The summed E-state index contributed by atoms with van der Waals surface area (Å²) in [6, 6.07) is 7.14. The number of aliphatic hydroxyl groups is 1. The van der Waals surface area contributed by atoms with Crippen molar-refractivity contribution in [2.45, 2.75) is 13.3 Å². The second-order valence-electron chi connectivity index (χ2n) is 4.10. The number of Topliss-reactive ketones (excluding diaryl/α,β-unsaturated/α-hetero) is 1. The number of hydrogen-bond acceptors (Lipinski definition) is 4. The Morgan fingerprint density at radius 2 is 2.00 bits per heavy atom. The van der Waals surface area contributed by atoms with E-state index in [9.17, 15) is 4.79 Å². The fourth-order valence-corrected chi connectivity index (χ4v) is 1.71. The van der Waals surface area contributed by atoms with Gasteiger partial charge in [-0.2, -0.15) is 0 Å². The van der Waals surface area contributed by atoms with Crippen molar-refractivity contribution >= 4 is 5.78 Å². The lowest BCUT2D eigenvalue weighted by molar-refractivity contribution is 0.0928. The minimum atomic E-state index is 0.0949. The van der Waals surface area contributed by atoms with Crippen molar-refractivity contribution in [1.82, 2.24) is 4.90 Å². The van der Waals surface area contributed by atoms with Gasteiger partial charge in [0.15, 0.2) is 5.78 Å². The fourth-order valence-electron chi connectivity index (χ4n) is 1.71. The van der Waals surface area contributed by atoms with Gasteiger partial charge in [0.1, 0.15) is 5.75 Å². The van der Waals surface area contributed by atoms with E-state index in [-0.39, 0.29) is 12.4 Å². The van der Waals surface area contributed by atoms with E-state index in [2.05, 4.69) is 0 Å². The van der Waals surface area contributed by atoms with Gasteiger partial charge in [0.05, 0.1) is 13.7 Å². The third-order valence-corrected chi connectivity index (χ3v) is 2.86. The lowest BCUT2D eigenvalue weighted by Gasteiger charge is -2.18. The van der Waals surface area contributed by atoms with Crippen LogP contribution in [0.15, 0.2) is 24.3 Å². The zero-order chi connectivity index (χ0) is 13.4. The third kappa shape index (κ3) is 4.47. The molecule has 1 N–H and O–H groups in total. The summed E-state index contributed by atoms with van der Waals surface area (Å²) >= 11 is 0. The summed E-state index contributed by atoms with van der Waals surface area (Å²) in [5.74, 6) is 0.844. The molecule has 4 nitrogen and oxygen atoms in total.